The maximum absolute atomic E-state index is 11.6. The van der Waals surface area contributed by atoms with Gasteiger partial charge >= 0.3 is 5.97 Å². The number of aromatic carboxylic acids is 1. The van der Waals surface area contributed by atoms with Crippen molar-refractivity contribution in [2.45, 2.75) is 0 Å². The number of amides is 1. The smallest absolute Gasteiger partial charge is 0.354 e. The van der Waals surface area contributed by atoms with E-state index in [4.69, 9.17) is 5.11 Å². The number of pyridine rings is 1. The molecule has 0 aromatic carbocycles. The summed E-state index contributed by atoms with van der Waals surface area (Å²) < 4.78 is 0. The maximum atomic E-state index is 11.6. The average Bonchev–Trinajstić information content (AvgIpc) is 2.82. The highest BCUT2D eigenvalue weighted by molar-refractivity contribution is 6.03. The van der Waals surface area contributed by atoms with E-state index in [9.17, 15) is 9.59 Å². The quantitative estimate of drug-likeness (QED) is 0.693. The third-order valence-electron chi connectivity index (χ3n) is 1.88. The largest absolute Gasteiger partial charge is 0.477 e. The summed E-state index contributed by atoms with van der Waals surface area (Å²) in [5.41, 5.74) is 0.284. The molecular weight excluding hydrogens is 226 g/mol. The first-order valence-electron chi connectivity index (χ1n) is 4.53. The fourth-order valence-electron chi connectivity index (χ4n) is 1.13. The Labute approximate surface area is 94.7 Å². The van der Waals surface area contributed by atoms with Crippen molar-refractivity contribution >= 4 is 17.6 Å². The zero-order valence-electron chi connectivity index (χ0n) is 8.41. The van der Waals surface area contributed by atoms with Crippen LogP contribution in [0.4, 0.5) is 5.69 Å². The van der Waals surface area contributed by atoms with Crippen molar-refractivity contribution in [2.24, 2.45) is 0 Å². The number of rotatable bonds is 3. The summed E-state index contributed by atoms with van der Waals surface area (Å²) >= 11 is 0. The molecule has 86 valence electrons. The topological polar surface area (TPSA) is 121 Å². The minimum atomic E-state index is -1.16. The van der Waals surface area contributed by atoms with Crippen molar-refractivity contribution in [1.29, 1.82) is 0 Å². The number of hydrogen-bond acceptors (Lipinski definition) is 5. The zero-order chi connectivity index (χ0) is 12.3. The summed E-state index contributed by atoms with van der Waals surface area (Å²) in [5.74, 6) is -1.65. The van der Waals surface area contributed by atoms with Crippen LogP contribution in [0.2, 0.25) is 0 Å². The summed E-state index contributed by atoms with van der Waals surface area (Å²) in [6.07, 6.45) is 2.55. The second-order valence-electron chi connectivity index (χ2n) is 3.04. The van der Waals surface area contributed by atoms with Crippen LogP contribution in [-0.2, 0) is 0 Å². The molecule has 8 heteroatoms. The molecule has 2 aromatic rings. The van der Waals surface area contributed by atoms with Gasteiger partial charge in [0, 0.05) is 11.9 Å². The van der Waals surface area contributed by atoms with E-state index in [2.05, 4.69) is 25.7 Å². The Morgan fingerprint density at radius 2 is 2.18 bits per heavy atom. The molecule has 0 saturated carbocycles. The number of nitrogens with zero attached hydrogens (tertiary/aromatic N) is 3. The maximum Gasteiger partial charge on any atom is 0.354 e. The number of aromatic amines is 1. The van der Waals surface area contributed by atoms with Crippen LogP contribution < -0.4 is 5.32 Å². The summed E-state index contributed by atoms with van der Waals surface area (Å²) in [4.78, 5) is 25.8. The molecule has 1 amide bonds. The van der Waals surface area contributed by atoms with Gasteiger partial charge in [-0.2, -0.15) is 15.4 Å². The SMILES string of the molecule is O=C(O)c1cc(NC(=O)c2cn[nH]n2)ccn1. The van der Waals surface area contributed by atoms with Gasteiger partial charge < -0.3 is 10.4 Å². The van der Waals surface area contributed by atoms with Gasteiger partial charge in [-0.1, -0.05) is 0 Å². The van der Waals surface area contributed by atoms with Crippen LogP contribution in [0.5, 0.6) is 0 Å². The third-order valence-corrected chi connectivity index (χ3v) is 1.88. The molecule has 0 aliphatic carbocycles. The molecular formula is C9H7N5O3. The fraction of sp³-hybridized carbons (Fsp3) is 0. The molecule has 8 nitrogen and oxygen atoms in total. The van der Waals surface area contributed by atoms with Crippen LogP contribution in [0.25, 0.3) is 0 Å². The molecule has 3 N–H and O–H groups in total. The number of nitrogens with one attached hydrogen (secondary N) is 2. The predicted molar refractivity (Wildman–Crippen MR) is 55.5 cm³/mol. The Kier molecular flexibility index (Phi) is 2.77. The van der Waals surface area contributed by atoms with Gasteiger partial charge in [0.15, 0.2) is 5.69 Å². The first-order chi connectivity index (χ1) is 8.16. The first-order valence-corrected chi connectivity index (χ1v) is 4.53. The Hall–Kier alpha value is -2.77. The fourth-order valence-corrected chi connectivity index (χ4v) is 1.13. The molecule has 0 saturated heterocycles. The standard InChI is InChI=1S/C9H7N5O3/c15-8(7-4-11-14-13-7)12-5-1-2-10-6(3-5)9(16)17/h1-4H,(H,16,17)(H,10,12,15)(H,11,13,14). The highest BCUT2D eigenvalue weighted by Crippen LogP contribution is 2.09. The number of anilines is 1. The van der Waals surface area contributed by atoms with E-state index >= 15 is 0 Å². The summed E-state index contributed by atoms with van der Waals surface area (Å²) in [6.45, 7) is 0. The highest BCUT2D eigenvalue weighted by atomic mass is 16.4. The number of carbonyl (C=O) groups excluding carboxylic acids is 1. The Morgan fingerprint density at radius 3 is 2.82 bits per heavy atom. The molecule has 17 heavy (non-hydrogen) atoms. The van der Waals surface area contributed by atoms with Crippen molar-refractivity contribution in [3.8, 4) is 0 Å². The van der Waals surface area contributed by atoms with Gasteiger partial charge in [0.2, 0.25) is 0 Å². The van der Waals surface area contributed by atoms with E-state index in [1.807, 2.05) is 0 Å². The van der Waals surface area contributed by atoms with Crippen molar-refractivity contribution < 1.29 is 14.7 Å². The lowest BCUT2D eigenvalue weighted by atomic mass is 10.3. The summed E-state index contributed by atoms with van der Waals surface area (Å²) in [7, 11) is 0. The van der Waals surface area contributed by atoms with Gasteiger partial charge in [-0.25, -0.2) is 9.78 Å². The average molecular weight is 233 g/mol. The molecule has 2 rings (SSSR count). The number of hydrogen-bond donors (Lipinski definition) is 3. The van der Waals surface area contributed by atoms with Gasteiger partial charge in [-0.3, -0.25) is 4.79 Å². The normalized spacial score (nSPS) is 9.88. The Bertz CT molecular complexity index is 552. The first kappa shape index (κ1) is 10.7. The van der Waals surface area contributed by atoms with Crippen molar-refractivity contribution in [2.75, 3.05) is 5.32 Å². The third kappa shape index (κ3) is 2.43. The highest BCUT2D eigenvalue weighted by Gasteiger charge is 2.10. The minimum absolute atomic E-state index is 0.110. The van der Waals surface area contributed by atoms with Gasteiger partial charge in [0.1, 0.15) is 5.69 Å². The van der Waals surface area contributed by atoms with E-state index < -0.39 is 11.9 Å². The van der Waals surface area contributed by atoms with Gasteiger partial charge in [-0.05, 0) is 12.1 Å². The Morgan fingerprint density at radius 1 is 1.35 bits per heavy atom. The molecule has 2 aromatic heterocycles. The zero-order valence-corrected chi connectivity index (χ0v) is 8.41. The van der Waals surface area contributed by atoms with Gasteiger partial charge in [-0.15, -0.1) is 0 Å². The molecule has 0 bridgehead atoms. The number of carbonyl (C=O) groups is 2. The van der Waals surface area contributed by atoms with E-state index in [0.29, 0.717) is 5.69 Å². The molecule has 2 heterocycles. The van der Waals surface area contributed by atoms with Crippen molar-refractivity contribution in [3.63, 3.8) is 0 Å². The second kappa shape index (κ2) is 4.39. The van der Waals surface area contributed by atoms with E-state index in [1.165, 1.54) is 24.5 Å². The van der Waals surface area contributed by atoms with Crippen molar-refractivity contribution in [3.05, 3.63) is 35.9 Å². The molecule has 0 aliphatic rings. The van der Waals surface area contributed by atoms with Crippen LogP contribution in [0.3, 0.4) is 0 Å². The van der Waals surface area contributed by atoms with Gasteiger partial charge in [0.25, 0.3) is 5.91 Å². The van der Waals surface area contributed by atoms with Gasteiger partial charge in [0.05, 0.1) is 6.20 Å². The number of carboxylic acid groups (broad SMARTS) is 1. The monoisotopic (exact) mass is 233 g/mol. The predicted octanol–water partition coefficient (Wildman–Crippen LogP) is 0.150. The lowest BCUT2D eigenvalue weighted by molar-refractivity contribution is 0.0690. The summed E-state index contributed by atoms with van der Waals surface area (Å²) in [5, 5.41) is 20.6. The van der Waals surface area contributed by atoms with E-state index in [-0.39, 0.29) is 11.4 Å². The van der Waals surface area contributed by atoms with Crippen LogP contribution in [-0.4, -0.2) is 37.4 Å². The summed E-state index contributed by atoms with van der Waals surface area (Å²) in [6, 6.07) is 2.73. The number of carboxylic acids is 1. The van der Waals surface area contributed by atoms with Crippen LogP contribution >= 0.6 is 0 Å². The molecule has 0 radical (unpaired) electrons. The molecule has 0 spiro atoms. The molecule has 0 unspecified atom stereocenters. The van der Waals surface area contributed by atoms with Crippen LogP contribution in [0, 0.1) is 0 Å². The lowest BCUT2D eigenvalue weighted by Crippen LogP contribution is -2.13. The molecule has 0 fully saturated rings. The van der Waals surface area contributed by atoms with Crippen LogP contribution in [0.15, 0.2) is 24.5 Å². The van der Waals surface area contributed by atoms with Crippen molar-refractivity contribution in [1.82, 2.24) is 20.4 Å². The minimum Gasteiger partial charge on any atom is -0.477 e. The Balaban J connectivity index is 2.16. The van der Waals surface area contributed by atoms with E-state index in [1.54, 1.807) is 0 Å². The lowest BCUT2D eigenvalue weighted by Gasteiger charge is -2.02. The number of H-pyrrole nitrogens is 1. The van der Waals surface area contributed by atoms with Crippen LogP contribution in [0.1, 0.15) is 21.0 Å². The molecule has 0 atom stereocenters. The number of aromatic nitrogens is 4. The second-order valence-corrected chi connectivity index (χ2v) is 3.04. The van der Waals surface area contributed by atoms with E-state index in [0.717, 1.165) is 0 Å². The molecule has 0 aliphatic heterocycles.